The monoisotopic (exact) mass is 281 g/mol. The van der Waals surface area contributed by atoms with E-state index >= 15 is 0 Å². The van der Waals surface area contributed by atoms with Gasteiger partial charge in [0.25, 0.3) is 0 Å². The van der Waals surface area contributed by atoms with Crippen molar-refractivity contribution in [3.05, 3.63) is 0 Å². The SMILES string of the molecule is CCC(C)(C)C1CCC(NC(=O)[C@@H]2C[C@@H]2C(=O)O)CC1. The van der Waals surface area contributed by atoms with Gasteiger partial charge in [-0.05, 0) is 43.4 Å². The molecule has 0 aromatic carbocycles. The molecule has 0 spiro atoms. The quantitative estimate of drug-likeness (QED) is 0.814. The van der Waals surface area contributed by atoms with Gasteiger partial charge in [0, 0.05) is 6.04 Å². The summed E-state index contributed by atoms with van der Waals surface area (Å²) in [5.41, 5.74) is 0.389. The van der Waals surface area contributed by atoms with Crippen molar-refractivity contribution in [2.45, 2.75) is 65.3 Å². The second-order valence-electron chi connectivity index (χ2n) is 7.19. The maximum atomic E-state index is 11.9. The van der Waals surface area contributed by atoms with E-state index in [1.807, 2.05) is 0 Å². The number of carboxylic acid groups (broad SMARTS) is 1. The number of carbonyl (C=O) groups excluding carboxylic acids is 1. The molecule has 2 atom stereocenters. The van der Waals surface area contributed by atoms with Gasteiger partial charge in [-0.15, -0.1) is 0 Å². The number of hydrogen-bond acceptors (Lipinski definition) is 2. The standard InChI is InChI=1S/C16H27NO3/c1-4-16(2,3)10-5-7-11(8-6-10)17-14(18)12-9-13(12)15(19)20/h10-13H,4-9H2,1-3H3,(H,17,18)(H,19,20)/t10?,11?,12-,13+/m1/s1. The van der Waals surface area contributed by atoms with Gasteiger partial charge < -0.3 is 10.4 Å². The van der Waals surface area contributed by atoms with E-state index in [9.17, 15) is 9.59 Å². The van der Waals surface area contributed by atoms with Gasteiger partial charge in [0.2, 0.25) is 5.91 Å². The number of rotatable bonds is 5. The van der Waals surface area contributed by atoms with Crippen LogP contribution in [0, 0.1) is 23.2 Å². The van der Waals surface area contributed by atoms with Gasteiger partial charge in [-0.2, -0.15) is 0 Å². The Morgan fingerprint density at radius 3 is 2.20 bits per heavy atom. The van der Waals surface area contributed by atoms with Crippen LogP contribution in [-0.2, 0) is 9.59 Å². The van der Waals surface area contributed by atoms with Crippen molar-refractivity contribution in [1.29, 1.82) is 0 Å². The van der Waals surface area contributed by atoms with Crippen LogP contribution in [-0.4, -0.2) is 23.0 Å². The summed E-state index contributed by atoms with van der Waals surface area (Å²) in [6.45, 7) is 6.91. The van der Waals surface area contributed by atoms with Crippen LogP contribution < -0.4 is 5.32 Å². The molecule has 2 aliphatic carbocycles. The largest absolute Gasteiger partial charge is 0.481 e. The zero-order valence-corrected chi connectivity index (χ0v) is 12.8. The third kappa shape index (κ3) is 3.33. The highest BCUT2D eigenvalue weighted by Gasteiger charge is 2.48. The first-order valence-corrected chi connectivity index (χ1v) is 7.88. The number of amides is 1. The highest BCUT2D eigenvalue weighted by Crippen LogP contribution is 2.41. The maximum absolute atomic E-state index is 11.9. The van der Waals surface area contributed by atoms with E-state index in [1.165, 1.54) is 19.3 Å². The summed E-state index contributed by atoms with van der Waals surface area (Å²) in [6.07, 6.45) is 6.10. The fraction of sp³-hybridized carbons (Fsp3) is 0.875. The minimum atomic E-state index is -0.835. The molecule has 1 amide bonds. The summed E-state index contributed by atoms with van der Waals surface area (Å²) in [4.78, 5) is 22.7. The van der Waals surface area contributed by atoms with Crippen molar-refractivity contribution >= 4 is 11.9 Å². The number of carbonyl (C=O) groups is 2. The molecule has 0 bridgehead atoms. The van der Waals surface area contributed by atoms with E-state index in [0.29, 0.717) is 11.8 Å². The summed E-state index contributed by atoms with van der Waals surface area (Å²) in [6, 6.07) is 0.251. The smallest absolute Gasteiger partial charge is 0.307 e. The van der Waals surface area contributed by atoms with E-state index < -0.39 is 11.9 Å². The highest BCUT2D eigenvalue weighted by atomic mass is 16.4. The van der Waals surface area contributed by atoms with Crippen LogP contribution in [0.2, 0.25) is 0 Å². The third-order valence-corrected chi connectivity index (χ3v) is 5.53. The Labute approximate surface area is 121 Å². The van der Waals surface area contributed by atoms with Gasteiger partial charge >= 0.3 is 5.97 Å². The van der Waals surface area contributed by atoms with E-state index in [0.717, 1.165) is 18.8 Å². The number of nitrogens with one attached hydrogen (secondary N) is 1. The van der Waals surface area contributed by atoms with Crippen molar-refractivity contribution in [3.8, 4) is 0 Å². The Morgan fingerprint density at radius 1 is 1.15 bits per heavy atom. The van der Waals surface area contributed by atoms with Crippen molar-refractivity contribution in [3.63, 3.8) is 0 Å². The van der Waals surface area contributed by atoms with E-state index in [4.69, 9.17) is 5.11 Å². The first-order valence-electron chi connectivity index (χ1n) is 7.88. The molecule has 0 heterocycles. The van der Waals surface area contributed by atoms with E-state index in [1.54, 1.807) is 0 Å². The second-order valence-corrected chi connectivity index (χ2v) is 7.19. The molecule has 114 valence electrons. The minimum Gasteiger partial charge on any atom is -0.481 e. The number of aliphatic carboxylic acids is 1. The molecule has 20 heavy (non-hydrogen) atoms. The molecule has 2 saturated carbocycles. The predicted octanol–water partition coefficient (Wildman–Crippen LogP) is 2.82. The van der Waals surface area contributed by atoms with Crippen LogP contribution in [0.15, 0.2) is 0 Å². The Morgan fingerprint density at radius 2 is 1.75 bits per heavy atom. The van der Waals surface area contributed by atoms with Gasteiger partial charge in [-0.3, -0.25) is 9.59 Å². The van der Waals surface area contributed by atoms with E-state index in [-0.39, 0.29) is 17.9 Å². The Hall–Kier alpha value is -1.06. The first kappa shape index (κ1) is 15.3. The lowest BCUT2D eigenvalue weighted by Crippen LogP contribution is -2.40. The number of hydrogen-bond donors (Lipinski definition) is 2. The molecule has 0 saturated heterocycles. The molecule has 4 heteroatoms. The summed E-state index contributed by atoms with van der Waals surface area (Å²) >= 11 is 0. The molecule has 4 nitrogen and oxygen atoms in total. The fourth-order valence-corrected chi connectivity index (χ4v) is 3.37. The maximum Gasteiger partial charge on any atom is 0.307 e. The molecule has 0 aromatic heterocycles. The molecular weight excluding hydrogens is 254 g/mol. The van der Waals surface area contributed by atoms with Crippen molar-refractivity contribution in [2.24, 2.45) is 23.2 Å². The van der Waals surface area contributed by atoms with Gasteiger partial charge in [-0.25, -0.2) is 0 Å². The molecule has 2 aliphatic rings. The van der Waals surface area contributed by atoms with Crippen molar-refractivity contribution < 1.29 is 14.7 Å². The lowest BCUT2D eigenvalue weighted by Gasteiger charge is -2.39. The third-order valence-electron chi connectivity index (χ3n) is 5.53. The Kier molecular flexibility index (Phi) is 4.40. The van der Waals surface area contributed by atoms with E-state index in [2.05, 4.69) is 26.1 Å². The lowest BCUT2D eigenvalue weighted by atomic mass is 9.69. The summed E-state index contributed by atoms with van der Waals surface area (Å²) in [5, 5.41) is 11.9. The topological polar surface area (TPSA) is 66.4 Å². The summed E-state index contributed by atoms with van der Waals surface area (Å²) in [5.74, 6) is -0.856. The average Bonchev–Trinajstić information content (AvgIpc) is 3.20. The van der Waals surface area contributed by atoms with Crippen LogP contribution in [0.4, 0.5) is 0 Å². The van der Waals surface area contributed by atoms with Crippen LogP contribution in [0.5, 0.6) is 0 Å². The van der Waals surface area contributed by atoms with Gasteiger partial charge in [0.1, 0.15) is 0 Å². The molecule has 2 rings (SSSR count). The van der Waals surface area contributed by atoms with Crippen LogP contribution in [0.1, 0.15) is 59.3 Å². The molecule has 2 fully saturated rings. The highest BCUT2D eigenvalue weighted by molar-refractivity contribution is 5.89. The molecule has 0 unspecified atom stereocenters. The first-order chi connectivity index (χ1) is 9.35. The fourth-order valence-electron chi connectivity index (χ4n) is 3.37. The van der Waals surface area contributed by atoms with Crippen molar-refractivity contribution in [2.75, 3.05) is 0 Å². The Balaban J connectivity index is 1.75. The summed E-state index contributed by atoms with van der Waals surface area (Å²) < 4.78 is 0. The molecule has 2 N–H and O–H groups in total. The van der Waals surface area contributed by atoms with Crippen LogP contribution >= 0.6 is 0 Å². The minimum absolute atomic E-state index is 0.0457. The Bertz CT molecular complexity index is 383. The molecular formula is C16H27NO3. The van der Waals surface area contributed by atoms with Crippen LogP contribution in [0.25, 0.3) is 0 Å². The zero-order chi connectivity index (χ0) is 14.9. The van der Waals surface area contributed by atoms with Gasteiger partial charge in [0.15, 0.2) is 0 Å². The molecule has 0 aliphatic heterocycles. The van der Waals surface area contributed by atoms with Crippen LogP contribution in [0.3, 0.4) is 0 Å². The predicted molar refractivity (Wildman–Crippen MR) is 77.2 cm³/mol. The van der Waals surface area contributed by atoms with Gasteiger partial charge in [0.05, 0.1) is 11.8 Å². The zero-order valence-electron chi connectivity index (χ0n) is 12.8. The summed E-state index contributed by atoms with van der Waals surface area (Å²) in [7, 11) is 0. The van der Waals surface area contributed by atoms with Crippen molar-refractivity contribution in [1.82, 2.24) is 5.32 Å². The molecule has 0 aromatic rings. The molecule has 0 radical (unpaired) electrons. The number of carboxylic acids is 1. The average molecular weight is 281 g/mol. The normalized spacial score (nSPS) is 33.5. The lowest BCUT2D eigenvalue weighted by molar-refractivity contribution is -0.140. The second kappa shape index (κ2) is 5.74. The van der Waals surface area contributed by atoms with Gasteiger partial charge in [-0.1, -0.05) is 27.2 Å².